The highest BCUT2D eigenvalue weighted by molar-refractivity contribution is 6.41. The van der Waals surface area contributed by atoms with Gasteiger partial charge in [0.1, 0.15) is 5.70 Å². The second-order valence-corrected chi connectivity index (χ2v) is 7.08. The number of likely N-dealkylation sites (N-methyl/N-ethyl adjacent to an activating group) is 1. The molecule has 6 heteroatoms. The van der Waals surface area contributed by atoms with Crippen molar-refractivity contribution in [2.75, 3.05) is 18.0 Å². The van der Waals surface area contributed by atoms with Crippen molar-refractivity contribution < 1.29 is 9.59 Å². The number of carbonyl (C=O) groups excluding carboxylic acids is 2. The Morgan fingerprint density at radius 3 is 2.54 bits per heavy atom. The maximum atomic E-state index is 13.0. The van der Waals surface area contributed by atoms with E-state index >= 15 is 0 Å². The van der Waals surface area contributed by atoms with Crippen molar-refractivity contribution in [1.82, 2.24) is 4.90 Å². The zero-order valence-corrected chi connectivity index (χ0v) is 15.6. The number of para-hydroxylation sites is 1. The number of rotatable bonds is 3. The van der Waals surface area contributed by atoms with Gasteiger partial charge in [0.2, 0.25) is 0 Å². The molecule has 0 atom stereocenters. The molecule has 0 saturated carbocycles. The quantitative estimate of drug-likeness (QED) is 0.743. The van der Waals surface area contributed by atoms with E-state index in [1.54, 1.807) is 25.1 Å². The number of hydrogen-bond donors (Lipinski definition) is 0. The lowest BCUT2D eigenvalue weighted by Gasteiger charge is -2.21. The number of hydrogen-bond acceptors (Lipinski definition) is 3. The number of imide groups is 1. The molecule has 0 N–H and O–H groups in total. The first-order chi connectivity index (χ1) is 12.5. The smallest absolute Gasteiger partial charge is 0.278 e. The van der Waals surface area contributed by atoms with Crippen LogP contribution in [0.5, 0.6) is 0 Å². The second kappa shape index (κ2) is 6.45. The summed E-state index contributed by atoms with van der Waals surface area (Å²) < 4.78 is 0. The molecule has 4 nitrogen and oxygen atoms in total. The first-order valence-electron chi connectivity index (χ1n) is 8.44. The maximum absolute atomic E-state index is 13.0. The summed E-state index contributed by atoms with van der Waals surface area (Å²) in [6.45, 7) is 2.75. The monoisotopic (exact) mass is 386 g/mol. The SMILES string of the molecule is CCN1C(=O)C(c2ccc(Cl)cc2Cl)=C(N2CCc3ccccc32)C1=O. The number of carbonyl (C=O) groups is 2. The number of benzene rings is 2. The molecule has 2 amide bonds. The van der Waals surface area contributed by atoms with Gasteiger partial charge in [-0.05, 0) is 37.1 Å². The van der Waals surface area contributed by atoms with Gasteiger partial charge in [-0.25, -0.2) is 0 Å². The molecule has 0 saturated heterocycles. The molecule has 2 aromatic carbocycles. The summed E-state index contributed by atoms with van der Waals surface area (Å²) in [7, 11) is 0. The van der Waals surface area contributed by atoms with Crippen molar-refractivity contribution in [3.8, 4) is 0 Å². The third kappa shape index (κ3) is 2.52. The lowest BCUT2D eigenvalue weighted by atomic mass is 10.0. The third-order valence-corrected chi connectivity index (χ3v) is 5.37. The molecule has 0 aromatic heterocycles. The van der Waals surface area contributed by atoms with Crippen LogP contribution < -0.4 is 4.90 Å². The molecule has 0 bridgehead atoms. The summed E-state index contributed by atoms with van der Waals surface area (Å²) in [4.78, 5) is 29.2. The highest BCUT2D eigenvalue weighted by Gasteiger charge is 2.43. The number of anilines is 1. The Bertz CT molecular complexity index is 968. The summed E-state index contributed by atoms with van der Waals surface area (Å²) in [5, 5.41) is 0.841. The van der Waals surface area contributed by atoms with E-state index in [4.69, 9.17) is 23.2 Å². The first-order valence-corrected chi connectivity index (χ1v) is 9.20. The highest BCUT2D eigenvalue weighted by Crippen LogP contribution is 2.40. The van der Waals surface area contributed by atoms with Crippen LogP contribution in [0.4, 0.5) is 5.69 Å². The summed E-state index contributed by atoms with van der Waals surface area (Å²) in [6.07, 6.45) is 0.828. The number of fused-ring (bicyclic) bond motifs is 1. The Morgan fingerprint density at radius 2 is 1.81 bits per heavy atom. The molecule has 2 heterocycles. The zero-order valence-electron chi connectivity index (χ0n) is 14.1. The fourth-order valence-corrected chi connectivity index (χ4v) is 4.11. The van der Waals surface area contributed by atoms with Crippen molar-refractivity contribution in [1.29, 1.82) is 0 Å². The Morgan fingerprint density at radius 1 is 1.04 bits per heavy atom. The van der Waals surface area contributed by atoms with Crippen LogP contribution in [0.15, 0.2) is 48.2 Å². The van der Waals surface area contributed by atoms with Crippen LogP contribution in [-0.4, -0.2) is 29.8 Å². The predicted molar refractivity (Wildman–Crippen MR) is 103 cm³/mol. The summed E-state index contributed by atoms with van der Waals surface area (Å²) >= 11 is 12.4. The van der Waals surface area contributed by atoms with E-state index in [0.29, 0.717) is 40.0 Å². The molecule has 2 aliphatic rings. The molecule has 0 radical (unpaired) electrons. The van der Waals surface area contributed by atoms with Gasteiger partial charge >= 0.3 is 0 Å². The number of nitrogens with zero attached hydrogens (tertiary/aromatic N) is 2. The minimum atomic E-state index is -0.318. The molecule has 0 unspecified atom stereocenters. The standard InChI is InChI=1S/C20H16Cl2N2O2/c1-2-23-19(25)17(14-8-7-13(21)11-15(14)22)18(20(23)26)24-10-9-12-5-3-4-6-16(12)24/h3-8,11H,2,9-10H2,1H3. The van der Waals surface area contributed by atoms with E-state index in [-0.39, 0.29) is 11.8 Å². The maximum Gasteiger partial charge on any atom is 0.278 e. The van der Waals surface area contributed by atoms with Crippen LogP contribution in [0, 0.1) is 0 Å². The van der Waals surface area contributed by atoms with E-state index in [0.717, 1.165) is 17.7 Å². The van der Waals surface area contributed by atoms with Crippen LogP contribution in [0.1, 0.15) is 18.1 Å². The normalized spacial score (nSPS) is 16.7. The molecule has 26 heavy (non-hydrogen) atoms. The van der Waals surface area contributed by atoms with Gasteiger partial charge in [-0.15, -0.1) is 0 Å². The fourth-order valence-electron chi connectivity index (χ4n) is 3.61. The molecular weight excluding hydrogens is 371 g/mol. The lowest BCUT2D eigenvalue weighted by Crippen LogP contribution is -2.34. The number of amides is 2. The van der Waals surface area contributed by atoms with Crippen molar-refractivity contribution in [3.05, 3.63) is 69.3 Å². The Labute approximate surface area is 161 Å². The van der Waals surface area contributed by atoms with Crippen LogP contribution in [0.25, 0.3) is 5.57 Å². The van der Waals surface area contributed by atoms with Gasteiger partial charge in [0.05, 0.1) is 10.6 Å². The minimum Gasteiger partial charge on any atom is -0.336 e. The van der Waals surface area contributed by atoms with Gasteiger partial charge in [0.15, 0.2) is 0 Å². The van der Waals surface area contributed by atoms with Gasteiger partial charge in [-0.1, -0.05) is 47.5 Å². The third-order valence-electron chi connectivity index (χ3n) is 4.82. The van der Waals surface area contributed by atoms with Crippen molar-refractivity contribution in [2.45, 2.75) is 13.3 Å². The van der Waals surface area contributed by atoms with Gasteiger partial charge in [0.25, 0.3) is 11.8 Å². The average Bonchev–Trinajstić information content (AvgIpc) is 3.14. The van der Waals surface area contributed by atoms with E-state index < -0.39 is 0 Å². The van der Waals surface area contributed by atoms with Gasteiger partial charge in [0, 0.05) is 29.4 Å². The average molecular weight is 387 g/mol. The first kappa shape index (κ1) is 17.1. The topological polar surface area (TPSA) is 40.6 Å². The highest BCUT2D eigenvalue weighted by atomic mass is 35.5. The minimum absolute atomic E-state index is 0.282. The van der Waals surface area contributed by atoms with Crippen LogP contribution in [0.2, 0.25) is 10.0 Å². The van der Waals surface area contributed by atoms with E-state index in [2.05, 4.69) is 0 Å². The van der Waals surface area contributed by atoms with Crippen molar-refractivity contribution >= 4 is 46.3 Å². The predicted octanol–water partition coefficient (Wildman–Crippen LogP) is 4.16. The Kier molecular flexibility index (Phi) is 4.25. The van der Waals surface area contributed by atoms with Gasteiger partial charge in [-0.2, -0.15) is 0 Å². The zero-order chi connectivity index (χ0) is 18.4. The Hall–Kier alpha value is -2.30. The molecule has 2 aliphatic heterocycles. The molecule has 2 aromatic rings. The van der Waals surface area contributed by atoms with Gasteiger partial charge < -0.3 is 4.90 Å². The summed E-state index contributed by atoms with van der Waals surface area (Å²) in [5.74, 6) is -0.601. The molecule has 0 spiro atoms. The molecular formula is C20H16Cl2N2O2. The van der Waals surface area contributed by atoms with Gasteiger partial charge in [-0.3, -0.25) is 14.5 Å². The van der Waals surface area contributed by atoms with E-state index in [1.165, 1.54) is 4.90 Å². The summed E-state index contributed by atoms with van der Waals surface area (Å²) in [6, 6.07) is 12.9. The van der Waals surface area contributed by atoms with Crippen molar-refractivity contribution in [2.24, 2.45) is 0 Å². The molecule has 0 aliphatic carbocycles. The fraction of sp³-hybridized carbons (Fsp3) is 0.200. The van der Waals surface area contributed by atoms with E-state index in [1.807, 2.05) is 29.2 Å². The molecule has 4 rings (SSSR count). The number of halogens is 2. The van der Waals surface area contributed by atoms with Crippen LogP contribution >= 0.6 is 23.2 Å². The second-order valence-electron chi connectivity index (χ2n) is 6.23. The largest absolute Gasteiger partial charge is 0.336 e. The molecule has 132 valence electrons. The van der Waals surface area contributed by atoms with Crippen LogP contribution in [-0.2, 0) is 16.0 Å². The summed E-state index contributed by atoms with van der Waals surface area (Å²) in [5.41, 5.74) is 3.40. The van der Waals surface area contributed by atoms with E-state index in [9.17, 15) is 9.59 Å². The Balaban J connectivity index is 1.93. The van der Waals surface area contributed by atoms with Crippen molar-refractivity contribution in [3.63, 3.8) is 0 Å². The van der Waals surface area contributed by atoms with Crippen LogP contribution in [0.3, 0.4) is 0 Å². The lowest BCUT2D eigenvalue weighted by molar-refractivity contribution is -0.136. The molecule has 0 fully saturated rings.